The molecule has 32 heavy (non-hydrogen) atoms. The predicted molar refractivity (Wildman–Crippen MR) is 122 cm³/mol. The van der Waals surface area contributed by atoms with Crippen LogP contribution in [0, 0.1) is 29.1 Å². The number of hydrogen-bond donors (Lipinski definition) is 4. The van der Waals surface area contributed by atoms with E-state index in [1.54, 1.807) is 0 Å². The van der Waals surface area contributed by atoms with Crippen molar-refractivity contribution in [2.75, 3.05) is 19.6 Å². The van der Waals surface area contributed by atoms with Gasteiger partial charge >= 0.3 is 0 Å². The molecule has 3 aliphatic heterocycles. The number of amides is 1. The number of likely N-dealkylation sites (tertiary alicyclic amines) is 1. The Morgan fingerprint density at radius 3 is 2.72 bits per heavy atom. The van der Waals surface area contributed by atoms with Gasteiger partial charge in [0.25, 0.3) is 0 Å². The highest BCUT2D eigenvalue weighted by molar-refractivity contribution is 5.77. The van der Waals surface area contributed by atoms with Crippen molar-refractivity contribution in [2.24, 2.45) is 29.1 Å². The van der Waals surface area contributed by atoms with Crippen LogP contribution in [-0.4, -0.2) is 53.4 Å². The van der Waals surface area contributed by atoms with Gasteiger partial charge in [0, 0.05) is 31.5 Å². The van der Waals surface area contributed by atoms with Crippen LogP contribution in [-0.2, 0) is 4.79 Å². The maximum Gasteiger partial charge on any atom is 0.222 e. The van der Waals surface area contributed by atoms with Crippen molar-refractivity contribution in [1.82, 2.24) is 20.9 Å². The molecule has 1 amide bonds. The zero-order valence-electron chi connectivity index (χ0n) is 19.4. The van der Waals surface area contributed by atoms with Gasteiger partial charge in [-0.25, -0.2) is 0 Å². The summed E-state index contributed by atoms with van der Waals surface area (Å²) in [5.74, 6) is 4.88. The van der Waals surface area contributed by atoms with Gasteiger partial charge in [0.1, 0.15) is 12.0 Å². The second kappa shape index (κ2) is 7.11. The lowest BCUT2D eigenvalue weighted by molar-refractivity contribution is -0.254. The number of rotatable bonds is 7. The Morgan fingerprint density at radius 1 is 1.16 bits per heavy atom. The normalized spacial score (nSPS) is 44.6. The zero-order chi connectivity index (χ0) is 21.5. The molecule has 0 bridgehead atoms. The fourth-order valence-electron chi connectivity index (χ4n) is 9.14. The lowest BCUT2D eigenvalue weighted by Gasteiger charge is -2.71. The minimum absolute atomic E-state index is 0.0562. The van der Waals surface area contributed by atoms with Crippen LogP contribution in [0.3, 0.4) is 0 Å². The summed E-state index contributed by atoms with van der Waals surface area (Å²) in [7, 11) is 0. The molecule has 7 rings (SSSR count). The summed E-state index contributed by atoms with van der Waals surface area (Å²) in [6, 6.07) is 0. The number of nitrogens with one attached hydrogen (secondary N) is 3. The van der Waals surface area contributed by atoms with E-state index < -0.39 is 0 Å². The highest BCUT2D eigenvalue weighted by Gasteiger charge is 2.68. The SMILES string of the molecule is O=C(CCC1CCCC1)N1CCC2=C(NCC(O)C34CC5CCCC(C3)C54)NC3N[C@@]23C1. The monoisotopic (exact) mass is 440 g/mol. The Hall–Kier alpha value is -1.27. The minimum atomic E-state index is -0.230. The summed E-state index contributed by atoms with van der Waals surface area (Å²) in [4.78, 5) is 15.0. The Labute approximate surface area is 191 Å². The third kappa shape index (κ3) is 2.81. The summed E-state index contributed by atoms with van der Waals surface area (Å²) in [5, 5.41) is 22.0. The van der Waals surface area contributed by atoms with E-state index in [2.05, 4.69) is 20.9 Å². The lowest BCUT2D eigenvalue weighted by atomic mass is 9.34. The summed E-state index contributed by atoms with van der Waals surface area (Å²) in [6.45, 7) is 2.29. The van der Waals surface area contributed by atoms with Crippen molar-refractivity contribution in [3.63, 3.8) is 0 Å². The van der Waals surface area contributed by atoms with Gasteiger partial charge in [-0.15, -0.1) is 0 Å². The molecule has 0 aromatic carbocycles. The van der Waals surface area contributed by atoms with Crippen LogP contribution in [0.15, 0.2) is 11.4 Å². The van der Waals surface area contributed by atoms with E-state index in [-0.39, 0.29) is 23.2 Å². The predicted octanol–water partition coefficient (Wildman–Crippen LogP) is 2.45. The average molecular weight is 441 g/mol. The first-order valence-electron chi connectivity index (χ1n) is 13.6. The molecule has 0 aromatic rings. The zero-order valence-corrected chi connectivity index (χ0v) is 19.4. The van der Waals surface area contributed by atoms with Crippen LogP contribution in [0.5, 0.6) is 0 Å². The van der Waals surface area contributed by atoms with E-state index in [9.17, 15) is 9.90 Å². The molecule has 3 heterocycles. The maximum atomic E-state index is 12.9. The van der Waals surface area contributed by atoms with E-state index in [0.717, 1.165) is 61.8 Å². The van der Waals surface area contributed by atoms with Gasteiger partial charge in [0.15, 0.2) is 0 Å². The van der Waals surface area contributed by atoms with E-state index in [4.69, 9.17) is 0 Å². The number of nitrogens with zero attached hydrogens (tertiary/aromatic N) is 1. The molecule has 4 aliphatic carbocycles. The van der Waals surface area contributed by atoms with Gasteiger partial charge in [-0.05, 0) is 54.9 Å². The topological polar surface area (TPSA) is 86.5 Å². The highest BCUT2D eigenvalue weighted by atomic mass is 16.3. The van der Waals surface area contributed by atoms with Crippen LogP contribution in [0.25, 0.3) is 0 Å². The molecule has 7 aliphatic rings. The second-order valence-electron chi connectivity index (χ2n) is 12.3. The summed E-state index contributed by atoms with van der Waals surface area (Å²) in [5.41, 5.74) is 1.57. The first kappa shape index (κ1) is 20.1. The van der Waals surface area contributed by atoms with Gasteiger partial charge in [-0.1, -0.05) is 44.9 Å². The molecule has 2 saturated heterocycles. The standard InChI is InChI=1S/C26H40N4O2/c31-20(25-12-17-6-3-7-18(13-25)22(17)25)14-27-23-19-10-11-30(15-26(19)24(28-23)29-26)21(32)9-8-16-4-1-2-5-16/h16-18,20,22,24,27-29,31H,1-15H2/t17?,18?,20?,22?,24?,25?,26-/m0/s1. The molecule has 6 heteroatoms. The number of aliphatic hydroxyl groups is 1. The highest BCUT2D eigenvalue weighted by Crippen LogP contribution is 2.72. The summed E-state index contributed by atoms with van der Waals surface area (Å²) in [6.07, 6.45) is 14.8. The van der Waals surface area contributed by atoms with E-state index >= 15 is 0 Å². The molecule has 6 fully saturated rings. The Balaban J connectivity index is 0.954. The van der Waals surface area contributed by atoms with E-state index in [0.29, 0.717) is 12.5 Å². The fraction of sp³-hybridized carbons (Fsp3) is 0.885. The van der Waals surface area contributed by atoms with Gasteiger partial charge in [0.2, 0.25) is 5.91 Å². The molecule has 6 nitrogen and oxygen atoms in total. The van der Waals surface area contributed by atoms with Crippen LogP contribution in [0.2, 0.25) is 0 Å². The second-order valence-corrected chi connectivity index (χ2v) is 12.3. The Morgan fingerprint density at radius 2 is 1.94 bits per heavy atom. The van der Waals surface area contributed by atoms with Gasteiger partial charge in [-0.3, -0.25) is 10.1 Å². The van der Waals surface area contributed by atoms with Crippen molar-refractivity contribution in [3.05, 3.63) is 11.4 Å². The summed E-state index contributed by atoms with van der Waals surface area (Å²) >= 11 is 0. The van der Waals surface area contributed by atoms with Crippen LogP contribution >= 0.6 is 0 Å². The van der Waals surface area contributed by atoms with Crippen LogP contribution < -0.4 is 16.0 Å². The third-order valence-corrected chi connectivity index (χ3v) is 10.9. The van der Waals surface area contributed by atoms with Crippen molar-refractivity contribution < 1.29 is 9.90 Å². The van der Waals surface area contributed by atoms with Crippen molar-refractivity contribution in [2.45, 2.75) is 94.9 Å². The van der Waals surface area contributed by atoms with E-state index in [1.165, 1.54) is 63.4 Å². The first-order chi connectivity index (χ1) is 15.6. The fourth-order valence-corrected chi connectivity index (χ4v) is 9.14. The lowest BCUT2D eigenvalue weighted by Crippen LogP contribution is -2.68. The van der Waals surface area contributed by atoms with Crippen molar-refractivity contribution in [1.29, 1.82) is 0 Å². The number of carbonyl (C=O) groups excluding carboxylic acids is 1. The molecular weight excluding hydrogens is 400 g/mol. The molecule has 1 spiro atoms. The van der Waals surface area contributed by atoms with E-state index in [1.807, 2.05) is 0 Å². The number of carbonyl (C=O) groups is 1. The van der Waals surface area contributed by atoms with Gasteiger partial charge in [-0.2, -0.15) is 0 Å². The quantitative estimate of drug-likeness (QED) is 0.457. The molecule has 4 unspecified atom stereocenters. The van der Waals surface area contributed by atoms with Gasteiger partial charge in [0.05, 0.1) is 11.6 Å². The third-order valence-electron chi connectivity index (χ3n) is 10.9. The molecule has 5 atom stereocenters. The number of hydrogen-bond acceptors (Lipinski definition) is 5. The minimum Gasteiger partial charge on any atom is -0.391 e. The molecule has 176 valence electrons. The first-order valence-corrected chi connectivity index (χ1v) is 13.6. The molecule has 0 radical (unpaired) electrons. The molecule has 4 N–H and O–H groups in total. The Bertz CT molecular complexity index is 822. The number of piperidine rings is 1. The van der Waals surface area contributed by atoms with Gasteiger partial charge < -0.3 is 20.6 Å². The average Bonchev–Trinajstić information content (AvgIpc) is 3.12. The van der Waals surface area contributed by atoms with Crippen LogP contribution in [0.4, 0.5) is 0 Å². The van der Waals surface area contributed by atoms with Crippen molar-refractivity contribution in [3.8, 4) is 0 Å². The molecule has 0 aromatic heterocycles. The summed E-state index contributed by atoms with van der Waals surface area (Å²) < 4.78 is 0. The number of aliphatic hydroxyl groups excluding tert-OH is 1. The molecular formula is C26H40N4O2. The maximum absolute atomic E-state index is 12.9. The Kier molecular flexibility index (Phi) is 4.48. The smallest absolute Gasteiger partial charge is 0.222 e. The van der Waals surface area contributed by atoms with Crippen LogP contribution in [0.1, 0.15) is 77.0 Å². The largest absolute Gasteiger partial charge is 0.391 e. The van der Waals surface area contributed by atoms with Crippen molar-refractivity contribution >= 4 is 5.91 Å². The molecule has 4 saturated carbocycles.